The number of aromatic nitrogens is 2. The zero-order valence-electron chi connectivity index (χ0n) is 8.68. The summed E-state index contributed by atoms with van der Waals surface area (Å²) in [5.74, 6) is 2.31. The number of nitrogens with zero attached hydrogens (tertiary/aromatic N) is 2. The standard InChI is InChI=1S/C11H12N2O2/c1-13-8-11(7-12-13)15-10-5-3-9(14-2)4-6-10/h3-8H,1-2H3. The average Bonchev–Trinajstić information content (AvgIpc) is 2.65. The van der Waals surface area contributed by atoms with Gasteiger partial charge in [-0.25, -0.2) is 0 Å². The van der Waals surface area contributed by atoms with Gasteiger partial charge in [-0.3, -0.25) is 4.68 Å². The topological polar surface area (TPSA) is 36.3 Å². The van der Waals surface area contributed by atoms with Gasteiger partial charge in [0, 0.05) is 7.05 Å². The van der Waals surface area contributed by atoms with Crippen LogP contribution in [0.1, 0.15) is 0 Å². The van der Waals surface area contributed by atoms with Crippen molar-refractivity contribution in [2.24, 2.45) is 7.05 Å². The van der Waals surface area contributed by atoms with Crippen LogP contribution in [0.25, 0.3) is 0 Å². The molecule has 0 bridgehead atoms. The maximum atomic E-state index is 5.56. The second-order valence-electron chi connectivity index (χ2n) is 3.13. The molecule has 1 aromatic carbocycles. The number of aryl methyl sites for hydroxylation is 1. The van der Waals surface area contributed by atoms with Crippen molar-refractivity contribution in [3.63, 3.8) is 0 Å². The molecule has 0 radical (unpaired) electrons. The first-order valence-corrected chi connectivity index (χ1v) is 4.58. The van der Waals surface area contributed by atoms with Crippen LogP contribution in [-0.2, 0) is 7.05 Å². The molecule has 78 valence electrons. The SMILES string of the molecule is COc1ccc(Oc2cnn(C)c2)cc1. The minimum absolute atomic E-state index is 0.725. The molecule has 0 unspecified atom stereocenters. The van der Waals surface area contributed by atoms with Gasteiger partial charge >= 0.3 is 0 Å². The Labute approximate surface area is 88.1 Å². The molecule has 4 heteroatoms. The number of hydrogen-bond acceptors (Lipinski definition) is 3. The second kappa shape index (κ2) is 4.04. The Kier molecular flexibility index (Phi) is 2.58. The highest BCUT2D eigenvalue weighted by molar-refractivity contribution is 5.33. The first kappa shape index (κ1) is 9.58. The number of rotatable bonds is 3. The first-order valence-electron chi connectivity index (χ1n) is 4.58. The fourth-order valence-electron chi connectivity index (χ4n) is 1.23. The van der Waals surface area contributed by atoms with E-state index < -0.39 is 0 Å². The predicted octanol–water partition coefficient (Wildman–Crippen LogP) is 2.22. The Morgan fingerprint density at radius 1 is 1.07 bits per heavy atom. The number of methoxy groups -OCH3 is 1. The maximum Gasteiger partial charge on any atom is 0.165 e. The van der Waals surface area contributed by atoms with E-state index >= 15 is 0 Å². The number of ether oxygens (including phenoxy) is 2. The quantitative estimate of drug-likeness (QED) is 0.769. The van der Waals surface area contributed by atoms with Gasteiger partial charge in [0.05, 0.1) is 19.5 Å². The number of benzene rings is 1. The highest BCUT2D eigenvalue weighted by atomic mass is 16.5. The van der Waals surface area contributed by atoms with Crippen LogP contribution in [0.2, 0.25) is 0 Å². The van der Waals surface area contributed by atoms with Crippen LogP contribution in [-0.4, -0.2) is 16.9 Å². The van der Waals surface area contributed by atoms with Crippen LogP contribution in [0.4, 0.5) is 0 Å². The third kappa shape index (κ3) is 2.28. The lowest BCUT2D eigenvalue weighted by Gasteiger charge is -2.03. The van der Waals surface area contributed by atoms with Crippen LogP contribution in [0.3, 0.4) is 0 Å². The van der Waals surface area contributed by atoms with E-state index in [-0.39, 0.29) is 0 Å². The van der Waals surface area contributed by atoms with Crippen molar-refractivity contribution < 1.29 is 9.47 Å². The van der Waals surface area contributed by atoms with E-state index in [2.05, 4.69) is 5.10 Å². The molecule has 0 aliphatic rings. The maximum absolute atomic E-state index is 5.56. The molecular formula is C11H12N2O2. The van der Waals surface area contributed by atoms with Gasteiger partial charge in [0.15, 0.2) is 5.75 Å². The summed E-state index contributed by atoms with van der Waals surface area (Å²) >= 11 is 0. The smallest absolute Gasteiger partial charge is 0.165 e. The summed E-state index contributed by atoms with van der Waals surface area (Å²) in [6, 6.07) is 7.41. The van der Waals surface area contributed by atoms with Gasteiger partial charge < -0.3 is 9.47 Å². The monoisotopic (exact) mass is 204 g/mol. The molecule has 1 aromatic heterocycles. The van der Waals surface area contributed by atoms with Crippen molar-refractivity contribution in [2.75, 3.05) is 7.11 Å². The van der Waals surface area contributed by atoms with Gasteiger partial charge in [-0.2, -0.15) is 5.10 Å². The molecule has 0 saturated heterocycles. The highest BCUT2D eigenvalue weighted by Gasteiger charge is 1.99. The molecule has 0 spiro atoms. The molecule has 0 aliphatic carbocycles. The normalized spacial score (nSPS) is 10.0. The highest BCUT2D eigenvalue weighted by Crippen LogP contribution is 2.22. The fourth-order valence-corrected chi connectivity index (χ4v) is 1.23. The first-order chi connectivity index (χ1) is 7.28. The van der Waals surface area contributed by atoms with E-state index in [1.807, 2.05) is 37.5 Å². The van der Waals surface area contributed by atoms with Crippen molar-refractivity contribution in [3.05, 3.63) is 36.7 Å². The molecule has 0 N–H and O–H groups in total. The minimum atomic E-state index is 0.725. The summed E-state index contributed by atoms with van der Waals surface area (Å²) in [5, 5.41) is 4.01. The third-order valence-corrected chi connectivity index (χ3v) is 1.98. The predicted molar refractivity (Wildman–Crippen MR) is 56.3 cm³/mol. The Hall–Kier alpha value is -1.97. The third-order valence-electron chi connectivity index (χ3n) is 1.98. The molecule has 0 fully saturated rings. The van der Waals surface area contributed by atoms with E-state index in [4.69, 9.17) is 9.47 Å². The second-order valence-corrected chi connectivity index (χ2v) is 3.13. The largest absolute Gasteiger partial charge is 0.497 e. The summed E-state index contributed by atoms with van der Waals surface area (Å²) in [4.78, 5) is 0. The Morgan fingerprint density at radius 2 is 1.73 bits per heavy atom. The van der Waals surface area contributed by atoms with Crippen molar-refractivity contribution in [3.8, 4) is 17.2 Å². The van der Waals surface area contributed by atoms with E-state index in [1.165, 1.54) is 0 Å². The summed E-state index contributed by atoms with van der Waals surface area (Å²) in [7, 11) is 3.48. The van der Waals surface area contributed by atoms with Crippen LogP contribution >= 0.6 is 0 Å². The molecule has 15 heavy (non-hydrogen) atoms. The molecule has 0 amide bonds. The molecule has 0 saturated carbocycles. The molecular weight excluding hydrogens is 192 g/mol. The van der Waals surface area contributed by atoms with E-state index in [0.717, 1.165) is 17.2 Å². The zero-order valence-corrected chi connectivity index (χ0v) is 8.68. The molecule has 2 aromatic rings. The minimum Gasteiger partial charge on any atom is -0.497 e. The van der Waals surface area contributed by atoms with Gasteiger partial charge in [-0.1, -0.05) is 0 Å². The Morgan fingerprint density at radius 3 is 2.27 bits per heavy atom. The van der Waals surface area contributed by atoms with Gasteiger partial charge in [0.1, 0.15) is 11.5 Å². The van der Waals surface area contributed by atoms with Crippen LogP contribution in [0, 0.1) is 0 Å². The number of hydrogen-bond donors (Lipinski definition) is 0. The fraction of sp³-hybridized carbons (Fsp3) is 0.182. The summed E-state index contributed by atoms with van der Waals surface area (Å²) in [6.07, 6.45) is 3.48. The Balaban J connectivity index is 2.11. The van der Waals surface area contributed by atoms with Gasteiger partial charge in [0.25, 0.3) is 0 Å². The van der Waals surface area contributed by atoms with Crippen molar-refractivity contribution in [1.29, 1.82) is 0 Å². The lowest BCUT2D eigenvalue weighted by atomic mass is 10.3. The van der Waals surface area contributed by atoms with Gasteiger partial charge in [-0.05, 0) is 24.3 Å². The van der Waals surface area contributed by atoms with E-state index in [1.54, 1.807) is 18.0 Å². The van der Waals surface area contributed by atoms with Crippen molar-refractivity contribution in [1.82, 2.24) is 9.78 Å². The summed E-state index contributed by atoms with van der Waals surface area (Å²) in [5.41, 5.74) is 0. The lowest BCUT2D eigenvalue weighted by molar-refractivity contribution is 0.413. The molecule has 0 atom stereocenters. The summed E-state index contributed by atoms with van der Waals surface area (Å²) < 4.78 is 12.3. The van der Waals surface area contributed by atoms with Gasteiger partial charge in [-0.15, -0.1) is 0 Å². The molecule has 4 nitrogen and oxygen atoms in total. The van der Waals surface area contributed by atoms with Crippen molar-refractivity contribution >= 4 is 0 Å². The van der Waals surface area contributed by atoms with Gasteiger partial charge in [0.2, 0.25) is 0 Å². The molecule has 1 heterocycles. The zero-order chi connectivity index (χ0) is 10.7. The molecule has 0 aliphatic heterocycles. The Bertz CT molecular complexity index is 434. The van der Waals surface area contributed by atoms with E-state index in [9.17, 15) is 0 Å². The summed E-state index contributed by atoms with van der Waals surface area (Å²) in [6.45, 7) is 0. The van der Waals surface area contributed by atoms with Crippen LogP contribution in [0.15, 0.2) is 36.7 Å². The average molecular weight is 204 g/mol. The molecule has 2 rings (SSSR count). The van der Waals surface area contributed by atoms with Crippen LogP contribution < -0.4 is 9.47 Å². The van der Waals surface area contributed by atoms with Crippen molar-refractivity contribution in [2.45, 2.75) is 0 Å². The lowest BCUT2D eigenvalue weighted by Crippen LogP contribution is -1.85. The van der Waals surface area contributed by atoms with E-state index in [0.29, 0.717) is 0 Å². The van der Waals surface area contributed by atoms with Crippen LogP contribution in [0.5, 0.6) is 17.2 Å².